The van der Waals surface area contributed by atoms with Crippen LogP contribution in [0.4, 0.5) is 11.4 Å². The van der Waals surface area contributed by atoms with E-state index in [0.29, 0.717) is 12.2 Å². The van der Waals surface area contributed by atoms with Gasteiger partial charge in [-0.05, 0) is 61.0 Å². The molecule has 1 unspecified atom stereocenters. The number of benzene rings is 3. The Morgan fingerprint density at radius 1 is 1.04 bits per heavy atom. The van der Waals surface area contributed by atoms with Crippen molar-refractivity contribution >= 4 is 33.2 Å². The van der Waals surface area contributed by atoms with E-state index >= 15 is 0 Å². The molecule has 4 rings (SSSR count). The van der Waals surface area contributed by atoms with Crippen LogP contribution in [-0.4, -0.2) is 12.5 Å². The van der Waals surface area contributed by atoms with E-state index in [4.69, 9.17) is 4.74 Å². The van der Waals surface area contributed by atoms with E-state index in [2.05, 4.69) is 21.2 Å². The highest BCUT2D eigenvalue weighted by Crippen LogP contribution is 2.37. The average Bonchev–Trinajstić information content (AvgIpc) is 2.69. The van der Waals surface area contributed by atoms with E-state index in [-0.39, 0.29) is 12.1 Å². The molecule has 1 aliphatic heterocycles. The Morgan fingerprint density at radius 2 is 1.81 bits per heavy atom. The third-order valence-electron chi connectivity index (χ3n) is 4.52. The summed E-state index contributed by atoms with van der Waals surface area (Å²) in [6, 6.07) is 23.2. The predicted octanol–water partition coefficient (Wildman–Crippen LogP) is 5.62. The molecule has 27 heavy (non-hydrogen) atoms. The largest absolute Gasteiger partial charge is 0.494 e. The first-order chi connectivity index (χ1) is 13.2. The van der Waals surface area contributed by atoms with Gasteiger partial charge in [0.25, 0.3) is 5.91 Å². The summed E-state index contributed by atoms with van der Waals surface area (Å²) < 4.78 is 6.51. The topological polar surface area (TPSA) is 41.6 Å². The third-order valence-corrected chi connectivity index (χ3v) is 5.01. The minimum atomic E-state index is -0.303. The molecule has 136 valence electrons. The predicted molar refractivity (Wildman–Crippen MR) is 111 cm³/mol. The molecule has 1 amide bonds. The SMILES string of the molecule is CCOc1ccc(N2C(=O)c3ccccc3NC2c2cccc(Br)c2)cc1. The molecule has 3 aromatic rings. The Hall–Kier alpha value is -2.79. The van der Waals surface area contributed by atoms with Gasteiger partial charge in [-0.1, -0.05) is 40.2 Å². The number of hydrogen-bond acceptors (Lipinski definition) is 3. The monoisotopic (exact) mass is 422 g/mol. The molecule has 0 aromatic heterocycles. The van der Waals surface area contributed by atoms with Crippen molar-refractivity contribution in [3.8, 4) is 5.75 Å². The zero-order valence-electron chi connectivity index (χ0n) is 14.9. The summed E-state index contributed by atoms with van der Waals surface area (Å²) in [5, 5.41) is 3.51. The number of ether oxygens (including phenoxy) is 1. The summed E-state index contributed by atoms with van der Waals surface area (Å²) in [5.41, 5.74) is 3.32. The Labute approximate surface area is 166 Å². The number of nitrogens with one attached hydrogen (secondary N) is 1. The third kappa shape index (κ3) is 3.43. The molecule has 0 spiro atoms. The minimum Gasteiger partial charge on any atom is -0.494 e. The molecule has 0 saturated heterocycles. The summed E-state index contributed by atoms with van der Waals surface area (Å²) in [6.45, 7) is 2.56. The van der Waals surface area contributed by atoms with E-state index in [1.165, 1.54) is 0 Å². The van der Waals surface area contributed by atoms with E-state index < -0.39 is 0 Å². The molecule has 1 heterocycles. The van der Waals surface area contributed by atoms with Crippen molar-refractivity contribution in [1.29, 1.82) is 0 Å². The van der Waals surface area contributed by atoms with Gasteiger partial charge in [-0.2, -0.15) is 0 Å². The summed E-state index contributed by atoms with van der Waals surface area (Å²) in [6.07, 6.45) is -0.303. The van der Waals surface area contributed by atoms with Crippen molar-refractivity contribution < 1.29 is 9.53 Å². The van der Waals surface area contributed by atoms with Crippen molar-refractivity contribution in [1.82, 2.24) is 0 Å². The lowest BCUT2D eigenvalue weighted by Gasteiger charge is -2.38. The number of halogens is 1. The van der Waals surface area contributed by atoms with E-state index in [1.54, 1.807) is 4.90 Å². The minimum absolute atomic E-state index is 0.0292. The first-order valence-electron chi connectivity index (χ1n) is 8.85. The van der Waals surface area contributed by atoms with Gasteiger partial charge >= 0.3 is 0 Å². The second-order valence-corrected chi connectivity index (χ2v) is 7.17. The molecule has 1 atom stereocenters. The second kappa shape index (κ2) is 7.45. The summed E-state index contributed by atoms with van der Waals surface area (Å²) in [7, 11) is 0. The van der Waals surface area contributed by atoms with Crippen LogP contribution in [-0.2, 0) is 0 Å². The van der Waals surface area contributed by atoms with Crippen molar-refractivity contribution in [2.24, 2.45) is 0 Å². The van der Waals surface area contributed by atoms with Gasteiger partial charge in [0, 0.05) is 15.8 Å². The molecule has 1 N–H and O–H groups in total. The number of carbonyl (C=O) groups excluding carboxylic acids is 1. The molecule has 0 fully saturated rings. The fourth-order valence-corrected chi connectivity index (χ4v) is 3.72. The molecule has 0 saturated carbocycles. The zero-order valence-corrected chi connectivity index (χ0v) is 16.4. The van der Waals surface area contributed by atoms with Crippen molar-refractivity contribution in [3.63, 3.8) is 0 Å². The van der Waals surface area contributed by atoms with Crippen LogP contribution in [0.15, 0.2) is 77.3 Å². The summed E-state index contributed by atoms with van der Waals surface area (Å²) in [5.74, 6) is 0.761. The van der Waals surface area contributed by atoms with Gasteiger partial charge in [-0.25, -0.2) is 0 Å². The normalized spacial score (nSPS) is 15.9. The van der Waals surface area contributed by atoms with Crippen molar-refractivity contribution in [2.45, 2.75) is 13.1 Å². The molecule has 4 nitrogen and oxygen atoms in total. The van der Waals surface area contributed by atoms with Gasteiger partial charge in [-0.3, -0.25) is 9.69 Å². The lowest BCUT2D eigenvalue weighted by molar-refractivity contribution is 0.0975. The number of fused-ring (bicyclic) bond motifs is 1. The zero-order chi connectivity index (χ0) is 18.8. The van der Waals surface area contributed by atoms with Crippen LogP contribution >= 0.6 is 15.9 Å². The Balaban J connectivity index is 1.80. The molecule has 1 aliphatic rings. The highest BCUT2D eigenvalue weighted by atomic mass is 79.9. The molecule has 0 bridgehead atoms. The fraction of sp³-hybridized carbons (Fsp3) is 0.136. The number of anilines is 2. The Morgan fingerprint density at radius 3 is 2.56 bits per heavy atom. The number of amides is 1. The summed E-state index contributed by atoms with van der Waals surface area (Å²) >= 11 is 3.53. The smallest absolute Gasteiger partial charge is 0.262 e. The average molecular weight is 423 g/mol. The molecule has 3 aromatic carbocycles. The van der Waals surface area contributed by atoms with Crippen LogP contribution < -0.4 is 15.0 Å². The highest BCUT2D eigenvalue weighted by Gasteiger charge is 2.34. The molecule has 5 heteroatoms. The van der Waals surface area contributed by atoms with Gasteiger partial charge < -0.3 is 10.1 Å². The second-order valence-electron chi connectivity index (χ2n) is 6.25. The summed E-state index contributed by atoms with van der Waals surface area (Å²) in [4.78, 5) is 15.1. The van der Waals surface area contributed by atoms with Gasteiger partial charge in [-0.15, -0.1) is 0 Å². The van der Waals surface area contributed by atoms with Crippen LogP contribution in [0.5, 0.6) is 5.75 Å². The maximum atomic E-state index is 13.3. The van der Waals surface area contributed by atoms with Crippen LogP contribution in [0.2, 0.25) is 0 Å². The van der Waals surface area contributed by atoms with E-state index in [1.807, 2.05) is 79.7 Å². The maximum absolute atomic E-state index is 13.3. The highest BCUT2D eigenvalue weighted by molar-refractivity contribution is 9.10. The number of hydrogen-bond donors (Lipinski definition) is 1. The van der Waals surface area contributed by atoms with Crippen molar-refractivity contribution in [2.75, 3.05) is 16.8 Å². The number of nitrogens with zero attached hydrogens (tertiary/aromatic N) is 1. The number of carbonyl (C=O) groups is 1. The maximum Gasteiger partial charge on any atom is 0.262 e. The molecule has 0 aliphatic carbocycles. The van der Waals surface area contributed by atoms with Gasteiger partial charge in [0.05, 0.1) is 12.2 Å². The first kappa shape index (κ1) is 17.6. The molecular formula is C22H19BrN2O2. The lowest BCUT2D eigenvalue weighted by Crippen LogP contribution is -2.43. The molecule has 0 radical (unpaired) electrons. The van der Waals surface area contributed by atoms with Crippen molar-refractivity contribution in [3.05, 3.63) is 88.4 Å². The van der Waals surface area contributed by atoms with E-state index in [0.717, 1.165) is 27.2 Å². The van der Waals surface area contributed by atoms with Crippen LogP contribution in [0.1, 0.15) is 29.0 Å². The van der Waals surface area contributed by atoms with E-state index in [9.17, 15) is 4.79 Å². The fourth-order valence-electron chi connectivity index (χ4n) is 3.30. The first-order valence-corrected chi connectivity index (χ1v) is 9.64. The molecular weight excluding hydrogens is 404 g/mol. The Bertz CT molecular complexity index is 972. The van der Waals surface area contributed by atoms with Gasteiger partial charge in [0.2, 0.25) is 0 Å². The standard InChI is InChI=1S/C22H19BrN2O2/c1-2-27-18-12-10-17(11-13-18)25-21(15-6-5-7-16(23)14-15)24-20-9-4-3-8-19(20)22(25)26/h3-14,21,24H,2H2,1H3. The quantitative estimate of drug-likeness (QED) is 0.593. The van der Waals surface area contributed by atoms with Gasteiger partial charge in [0.1, 0.15) is 11.9 Å². The number of rotatable bonds is 4. The lowest BCUT2D eigenvalue weighted by atomic mass is 10.0. The van der Waals surface area contributed by atoms with Crippen LogP contribution in [0.3, 0.4) is 0 Å². The number of para-hydroxylation sites is 1. The van der Waals surface area contributed by atoms with Crippen LogP contribution in [0.25, 0.3) is 0 Å². The van der Waals surface area contributed by atoms with Crippen LogP contribution in [0, 0.1) is 0 Å². The Kier molecular flexibility index (Phi) is 4.86. The van der Waals surface area contributed by atoms with Gasteiger partial charge in [0.15, 0.2) is 0 Å².